The molecule has 0 radical (unpaired) electrons. The third-order valence-electron chi connectivity index (χ3n) is 1.15. The van der Waals surface area contributed by atoms with Crippen molar-refractivity contribution in [2.75, 3.05) is 5.73 Å². The fourth-order valence-electron chi connectivity index (χ4n) is 0.614. The van der Waals surface area contributed by atoms with Crippen molar-refractivity contribution in [3.8, 4) is 12.3 Å². The standard InChI is InChI=1S/C8H6N2O/c1-2-8(11)7-4-3-6(9)5-10-7/h1,3-5H,9H2. The largest absolute Gasteiger partial charge is 0.397 e. The first-order valence-electron chi connectivity index (χ1n) is 2.96. The van der Waals surface area contributed by atoms with Gasteiger partial charge in [-0.15, -0.1) is 6.42 Å². The Morgan fingerprint density at radius 1 is 1.64 bits per heavy atom. The number of aromatic nitrogens is 1. The Labute approximate surface area is 64.2 Å². The van der Waals surface area contributed by atoms with E-state index in [1.54, 1.807) is 6.07 Å². The summed E-state index contributed by atoms with van der Waals surface area (Å²) in [5, 5.41) is 0. The number of rotatable bonds is 1. The summed E-state index contributed by atoms with van der Waals surface area (Å²) in [7, 11) is 0. The van der Waals surface area contributed by atoms with Crippen molar-refractivity contribution in [2.24, 2.45) is 0 Å². The van der Waals surface area contributed by atoms with Gasteiger partial charge in [-0.1, -0.05) is 0 Å². The Morgan fingerprint density at radius 2 is 2.36 bits per heavy atom. The van der Waals surface area contributed by atoms with Crippen molar-refractivity contribution in [1.29, 1.82) is 0 Å². The van der Waals surface area contributed by atoms with E-state index in [0.717, 1.165) is 0 Å². The van der Waals surface area contributed by atoms with Gasteiger partial charge in [-0.25, -0.2) is 4.98 Å². The van der Waals surface area contributed by atoms with Gasteiger partial charge in [0, 0.05) is 0 Å². The maximum atomic E-state index is 10.8. The first-order valence-corrected chi connectivity index (χ1v) is 2.96. The van der Waals surface area contributed by atoms with Gasteiger partial charge in [0.1, 0.15) is 5.69 Å². The van der Waals surface area contributed by atoms with Crippen molar-refractivity contribution in [2.45, 2.75) is 0 Å². The number of terminal acetylenes is 1. The number of nitrogens with zero attached hydrogens (tertiary/aromatic N) is 1. The van der Waals surface area contributed by atoms with E-state index < -0.39 is 5.78 Å². The summed E-state index contributed by atoms with van der Waals surface area (Å²) in [6.07, 6.45) is 6.26. The van der Waals surface area contributed by atoms with Gasteiger partial charge in [0.05, 0.1) is 11.9 Å². The quantitative estimate of drug-likeness (QED) is 0.356. The number of ketones is 1. The molecule has 1 aromatic heterocycles. The summed E-state index contributed by atoms with van der Waals surface area (Å²) < 4.78 is 0. The Morgan fingerprint density at radius 3 is 2.82 bits per heavy atom. The minimum absolute atomic E-state index is 0.252. The number of Topliss-reactive ketones (excluding diaryl/α,β-unsaturated/α-hetero) is 1. The van der Waals surface area contributed by atoms with Crippen molar-refractivity contribution in [3.63, 3.8) is 0 Å². The summed E-state index contributed by atoms with van der Waals surface area (Å²) in [5.41, 5.74) is 6.11. The second-order valence-corrected chi connectivity index (χ2v) is 1.95. The minimum Gasteiger partial charge on any atom is -0.397 e. The highest BCUT2D eigenvalue weighted by Gasteiger charge is 2.00. The van der Waals surface area contributed by atoms with Crippen molar-refractivity contribution >= 4 is 11.5 Å². The fourth-order valence-corrected chi connectivity index (χ4v) is 0.614. The first-order chi connectivity index (χ1) is 5.24. The van der Waals surface area contributed by atoms with Crippen LogP contribution >= 0.6 is 0 Å². The highest BCUT2D eigenvalue weighted by molar-refractivity contribution is 6.07. The molecule has 1 heterocycles. The number of nitrogen functional groups attached to an aromatic ring is 1. The van der Waals surface area contributed by atoms with E-state index in [-0.39, 0.29) is 5.69 Å². The van der Waals surface area contributed by atoms with Crippen LogP contribution in [0.25, 0.3) is 0 Å². The molecule has 0 aliphatic rings. The SMILES string of the molecule is C#CC(=O)c1ccc(N)cn1. The lowest BCUT2D eigenvalue weighted by Crippen LogP contribution is -1.98. The van der Waals surface area contributed by atoms with Gasteiger partial charge in [0.15, 0.2) is 0 Å². The number of carbonyl (C=O) groups excluding carboxylic acids is 1. The summed E-state index contributed by atoms with van der Waals surface area (Å²) in [6.45, 7) is 0. The lowest BCUT2D eigenvalue weighted by Gasteiger charge is -1.92. The highest BCUT2D eigenvalue weighted by atomic mass is 16.1. The molecule has 0 unspecified atom stereocenters. The van der Waals surface area contributed by atoms with Crippen LogP contribution in [0.5, 0.6) is 0 Å². The molecule has 3 nitrogen and oxygen atoms in total. The Bertz CT molecular complexity index is 308. The summed E-state index contributed by atoms with van der Waals surface area (Å²) >= 11 is 0. The van der Waals surface area contributed by atoms with Crippen LogP contribution in [0.15, 0.2) is 18.3 Å². The van der Waals surface area contributed by atoms with E-state index in [2.05, 4.69) is 4.98 Å². The number of carbonyl (C=O) groups is 1. The van der Waals surface area contributed by atoms with Crippen LogP contribution in [-0.2, 0) is 0 Å². The van der Waals surface area contributed by atoms with Crippen LogP contribution in [0.3, 0.4) is 0 Å². The number of anilines is 1. The van der Waals surface area contributed by atoms with E-state index in [1.807, 2.05) is 5.92 Å². The molecule has 0 saturated carbocycles. The molecule has 0 atom stereocenters. The average molecular weight is 146 g/mol. The molecular formula is C8H6N2O. The van der Waals surface area contributed by atoms with Crippen LogP contribution in [0.4, 0.5) is 5.69 Å². The molecule has 0 aliphatic carbocycles. The zero-order valence-electron chi connectivity index (χ0n) is 5.74. The molecule has 0 aliphatic heterocycles. The van der Waals surface area contributed by atoms with E-state index in [1.165, 1.54) is 12.3 Å². The highest BCUT2D eigenvalue weighted by Crippen LogP contribution is 2.00. The maximum Gasteiger partial charge on any atom is 0.253 e. The molecule has 0 saturated heterocycles. The number of hydrogen-bond donors (Lipinski definition) is 1. The molecule has 0 aromatic carbocycles. The van der Waals surface area contributed by atoms with Gasteiger partial charge in [-0.2, -0.15) is 0 Å². The van der Waals surface area contributed by atoms with Gasteiger partial charge < -0.3 is 5.73 Å². The number of hydrogen-bond acceptors (Lipinski definition) is 3. The van der Waals surface area contributed by atoms with Gasteiger partial charge in [0.2, 0.25) is 0 Å². The molecule has 0 amide bonds. The second kappa shape index (κ2) is 2.84. The molecule has 54 valence electrons. The third kappa shape index (κ3) is 1.55. The molecule has 0 fully saturated rings. The zero-order valence-corrected chi connectivity index (χ0v) is 5.74. The Hall–Kier alpha value is -1.82. The minimum atomic E-state index is -0.426. The van der Waals surface area contributed by atoms with Crippen molar-refractivity contribution in [3.05, 3.63) is 24.0 Å². The molecule has 0 bridgehead atoms. The lowest BCUT2D eigenvalue weighted by molar-refractivity contribution is 0.105. The van der Waals surface area contributed by atoms with E-state index >= 15 is 0 Å². The predicted octanol–water partition coefficient (Wildman–Crippen LogP) is 0.480. The van der Waals surface area contributed by atoms with Crippen LogP contribution in [0.2, 0.25) is 0 Å². The van der Waals surface area contributed by atoms with Crippen LogP contribution < -0.4 is 5.73 Å². The van der Waals surface area contributed by atoms with E-state index in [4.69, 9.17) is 12.2 Å². The third-order valence-corrected chi connectivity index (χ3v) is 1.15. The summed E-state index contributed by atoms with van der Waals surface area (Å²) in [4.78, 5) is 14.5. The lowest BCUT2D eigenvalue weighted by atomic mass is 10.2. The normalized spacial score (nSPS) is 8.64. The first kappa shape index (κ1) is 7.29. The Kier molecular flexibility index (Phi) is 1.88. The van der Waals surface area contributed by atoms with Crippen molar-refractivity contribution < 1.29 is 4.79 Å². The predicted molar refractivity (Wildman–Crippen MR) is 41.8 cm³/mol. The van der Waals surface area contributed by atoms with Crippen LogP contribution in [0, 0.1) is 12.3 Å². The number of nitrogens with two attached hydrogens (primary N) is 1. The summed E-state index contributed by atoms with van der Waals surface area (Å²) in [6, 6.07) is 3.08. The topological polar surface area (TPSA) is 56.0 Å². The van der Waals surface area contributed by atoms with Crippen LogP contribution in [-0.4, -0.2) is 10.8 Å². The van der Waals surface area contributed by atoms with Gasteiger partial charge in [-0.05, 0) is 18.1 Å². The molecular weight excluding hydrogens is 140 g/mol. The summed E-state index contributed by atoms with van der Waals surface area (Å²) in [5.74, 6) is 1.53. The molecule has 0 spiro atoms. The molecule has 1 rings (SSSR count). The molecule has 3 heteroatoms. The smallest absolute Gasteiger partial charge is 0.253 e. The van der Waals surface area contributed by atoms with Crippen LogP contribution in [0.1, 0.15) is 10.5 Å². The Balaban J connectivity index is 3.01. The van der Waals surface area contributed by atoms with E-state index in [0.29, 0.717) is 5.69 Å². The number of pyridine rings is 1. The van der Waals surface area contributed by atoms with E-state index in [9.17, 15) is 4.79 Å². The maximum absolute atomic E-state index is 10.8. The van der Waals surface area contributed by atoms with Gasteiger partial charge >= 0.3 is 0 Å². The zero-order chi connectivity index (χ0) is 8.27. The fraction of sp³-hybridized carbons (Fsp3) is 0. The van der Waals surface area contributed by atoms with Gasteiger partial charge in [0.25, 0.3) is 5.78 Å². The monoisotopic (exact) mass is 146 g/mol. The molecule has 2 N–H and O–H groups in total. The van der Waals surface area contributed by atoms with Gasteiger partial charge in [-0.3, -0.25) is 4.79 Å². The second-order valence-electron chi connectivity index (χ2n) is 1.95. The van der Waals surface area contributed by atoms with Crippen molar-refractivity contribution in [1.82, 2.24) is 4.98 Å². The molecule has 1 aromatic rings. The average Bonchev–Trinajstić information content (AvgIpc) is 2.05. The molecule has 11 heavy (non-hydrogen) atoms.